The maximum Gasteiger partial charge on any atom is 0.123 e. The second-order valence-electron chi connectivity index (χ2n) is 6.35. The molecule has 3 rings (SSSR count). The van der Waals surface area contributed by atoms with Gasteiger partial charge < -0.3 is 15.0 Å². The van der Waals surface area contributed by atoms with Gasteiger partial charge in [-0.25, -0.2) is 0 Å². The van der Waals surface area contributed by atoms with E-state index >= 15 is 0 Å². The van der Waals surface area contributed by atoms with Crippen LogP contribution in [0.1, 0.15) is 44.2 Å². The summed E-state index contributed by atoms with van der Waals surface area (Å²) in [6.07, 6.45) is 5.32. The van der Waals surface area contributed by atoms with Gasteiger partial charge >= 0.3 is 0 Å². The lowest BCUT2D eigenvalue weighted by Gasteiger charge is -2.38. The van der Waals surface area contributed by atoms with Crippen molar-refractivity contribution in [1.29, 1.82) is 0 Å². The Kier molecular flexibility index (Phi) is 3.99. The quantitative estimate of drug-likeness (QED) is 0.913. The van der Waals surface area contributed by atoms with Gasteiger partial charge in [0.1, 0.15) is 5.75 Å². The highest BCUT2D eigenvalue weighted by atomic mass is 16.5. The molecule has 110 valence electrons. The fraction of sp³-hybridized carbons (Fsp3) is 0.647. The van der Waals surface area contributed by atoms with Crippen molar-refractivity contribution in [2.45, 2.75) is 56.8 Å². The normalized spacial score (nSPS) is 31.2. The third kappa shape index (κ3) is 2.57. The Bertz CT molecular complexity index is 448. The Morgan fingerprint density at radius 1 is 1.20 bits per heavy atom. The Balaban J connectivity index is 1.66. The Labute approximate surface area is 122 Å². The first-order valence-electron chi connectivity index (χ1n) is 7.80. The number of fused-ring (bicyclic) bond motifs is 2. The second kappa shape index (κ2) is 5.74. The average molecular weight is 274 g/mol. The molecule has 3 atom stereocenters. The van der Waals surface area contributed by atoms with Crippen molar-refractivity contribution < 1.29 is 4.74 Å². The average Bonchev–Trinajstić information content (AvgIpc) is 2.68. The van der Waals surface area contributed by atoms with Gasteiger partial charge in [0.05, 0.1) is 7.11 Å². The molecule has 0 radical (unpaired) electrons. The summed E-state index contributed by atoms with van der Waals surface area (Å²) in [5.74, 6) is 0.989. The summed E-state index contributed by atoms with van der Waals surface area (Å²) < 4.78 is 5.48. The Morgan fingerprint density at radius 2 is 1.85 bits per heavy atom. The molecule has 2 aliphatic heterocycles. The van der Waals surface area contributed by atoms with Gasteiger partial charge in [0, 0.05) is 29.7 Å². The van der Waals surface area contributed by atoms with Crippen LogP contribution in [0.5, 0.6) is 5.75 Å². The van der Waals surface area contributed by atoms with Crippen LogP contribution in [-0.4, -0.2) is 37.2 Å². The maximum absolute atomic E-state index is 5.48. The van der Waals surface area contributed by atoms with Crippen LogP contribution >= 0.6 is 0 Å². The fourth-order valence-corrected chi connectivity index (χ4v) is 4.02. The van der Waals surface area contributed by atoms with Crippen LogP contribution in [0.4, 0.5) is 0 Å². The first-order chi connectivity index (χ1) is 9.69. The van der Waals surface area contributed by atoms with Crippen LogP contribution in [0.3, 0.4) is 0 Å². The first-order valence-corrected chi connectivity index (χ1v) is 7.80. The van der Waals surface area contributed by atoms with Gasteiger partial charge in [0.15, 0.2) is 0 Å². The third-order valence-corrected chi connectivity index (χ3v) is 5.19. The van der Waals surface area contributed by atoms with Gasteiger partial charge in [-0.3, -0.25) is 0 Å². The van der Waals surface area contributed by atoms with Crippen LogP contribution in [-0.2, 0) is 0 Å². The molecular weight excluding hydrogens is 248 g/mol. The summed E-state index contributed by atoms with van der Waals surface area (Å²) in [6, 6.07) is 10.9. The van der Waals surface area contributed by atoms with Crippen molar-refractivity contribution >= 4 is 0 Å². The highest BCUT2D eigenvalue weighted by Crippen LogP contribution is 2.35. The van der Waals surface area contributed by atoms with Gasteiger partial charge in [-0.15, -0.1) is 0 Å². The summed E-state index contributed by atoms with van der Waals surface area (Å²) in [7, 11) is 4.05. The number of benzene rings is 1. The monoisotopic (exact) mass is 274 g/mol. The van der Waals surface area contributed by atoms with E-state index in [0.717, 1.165) is 17.8 Å². The van der Waals surface area contributed by atoms with E-state index in [0.29, 0.717) is 12.1 Å². The fourth-order valence-electron chi connectivity index (χ4n) is 4.02. The van der Waals surface area contributed by atoms with Gasteiger partial charge in [-0.1, -0.05) is 18.2 Å². The zero-order valence-electron chi connectivity index (χ0n) is 12.8. The van der Waals surface area contributed by atoms with Crippen molar-refractivity contribution in [2.24, 2.45) is 0 Å². The molecule has 0 amide bonds. The van der Waals surface area contributed by atoms with Crippen molar-refractivity contribution in [2.75, 3.05) is 14.2 Å². The molecule has 2 aliphatic rings. The number of hydrogen-bond donors (Lipinski definition) is 1. The molecule has 2 bridgehead atoms. The smallest absolute Gasteiger partial charge is 0.123 e. The number of hydrogen-bond acceptors (Lipinski definition) is 3. The number of piperidine rings is 1. The molecule has 2 saturated heterocycles. The van der Waals surface area contributed by atoms with Crippen LogP contribution in [0, 0.1) is 0 Å². The molecule has 1 N–H and O–H groups in total. The van der Waals surface area contributed by atoms with Gasteiger partial charge in [-0.2, -0.15) is 0 Å². The van der Waals surface area contributed by atoms with E-state index in [-0.39, 0.29) is 0 Å². The summed E-state index contributed by atoms with van der Waals surface area (Å²) in [5.41, 5.74) is 1.27. The second-order valence-corrected chi connectivity index (χ2v) is 6.35. The molecule has 1 aromatic rings. The van der Waals surface area contributed by atoms with E-state index < -0.39 is 0 Å². The minimum Gasteiger partial charge on any atom is -0.496 e. The number of nitrogens with one attached hydrogen (secondary N) is 1. The van der Waals surface area contributed by atoms with Crippen LogP contribution < -0.4 is 10.1 Å². The van der Waals surface area contributed by atoms with Crippen LogP contribution in [0.25, 0.3) is 0 Å². The largest absolute Gasteiger partial charge is 0.496 e. The van der Waals surface area contributed by atoms with Crippen molar-refractivity contribution in [3.8, 4) is 5.75 Å². The Hall–Kier alpha value is -1.06. The molecule has 20 heavy (non-hydrogen) atoms. The lowest BCUT2D eigenvalue weighted by atomic mass is 9.96. The summed E-state index contributed by atoms with van der Waals surface area (Å²) >= 11 is 0. The third-order valence-electron chi connectivity index (χ3n) is 5.19. The molecule has 1 aromatic carbocycles. The molecule has 0 aliphatic carbocycles. The predicted octanol–water partition coefficient (Wildman–Crippen LogP) is 2.97. The van der Waals surface area contributed by atoms with Crippen molar-refractivity contribution in [3.05, 3.63) is 29.8 Å². The molecule has 0 saturated carbocycles. The van der Waals surface area contributed by atoms with Gasteiger partial charge in [-0.05, 0) is 45.7 Å². The molecule has 3 nitrogen and oxygen atoms in total. The topological polar surface area (TPSA) is 24.5 Å². The predicted molar refractivity (Wildman–Crippen MR) is 82.1 cm³/mol. The summed E-state index contributed by atoms with van der Waals surface area (Å²) in [5, 5.41) is 3.82. The number of nitrogens with zero attached hydrogens (tertiary/aromatic N) is 1. The lowest BCUT2D eigenvalue weighted by molar-refractivity contribution is 0.144. The van der Waals surface area contributed by atoms with E-state index in [1.54, 1.807) is 7.11 Å². The highest BCUT2D eigenvalue weighted by molar-refractivity contribution is 5.35. The Morgan fingerprint density at radius 3 is 2.50 bits per heavy atom. The first kappa shape index (κ1) is 13.9. The van der Waals surface area contributed by atoms with Crippen LogP contribution in [0.15, 0.2) is 24.3 Å². The number of ether oxygens (including phenoxy) is 1. The number of methoxy groups -OCH3 is 1. The van der Waals surface area contributed by atoms with E-state index in [1.807, 2.05) is 12.1 Å². The molecule has 2 unspecified atom stereocenters. The van der Waals surface area contributed by atoms with Crippen LogP contribution in [0.2, 0.25) is 0 Å². The van der Waals surface area contributed by atoms with Gasteiger partial charge in [0.25, 0.3) is 0 Å². The van der Waals surface area contributed by atoms with Crippen molar-refractivity contribution in [1.82, 2.24) is 10.2 Å². The highest BCUT2D eigenvalue weighted by Gasteiger charge is 2.38. The molecule has 2 fully saturated rings. The molecule has 0 spiro atoms. The summed E-state index contributed by atoms with van der Waals surface area (Å²) in [4.78, 5) is 2.59. The standard InChI is InChI=1S/C17H26N2O/c1-12(16-6-4-5-7-17(16)20-3)18-13-10-14-8-9-15(11-13)19(14)2/h4-7,12-15,18H,8-11H2,1-3H3/t12-,13?,14?,15?/m0/s1. The minimum absolute atomic E-state index is 0.346. The molecule has 3 heteroatoms. The molecule has 0 aromatic heterocycles. The zero-order chi connectivity index (χ0) is 14.1. The van der Waals surface area contributed by atoms with E-state index in [4.69, 9.17) is 4.74 Å². The minimum atomic E-state index is 0.346. The number of rotatable bonds is 4. The van der Waals surface area contributed by atoms with E-state index in [2.05, 4.69) is 36.3 Å². The maximum atomic E-state index is 5.48. The SMILES string of the molecule is COc1ccccc1[C@H](C)NC1CC2CCC(C1)N2C. The van der Waals surface area contributed by atoms with E-state index in [1.165, 1.54) is 31.2 Å². The van der Waals surface area contributed by atoms with Gasteiger partial charge in [0.2, 0.25) is 0 Å². The number of para-hydroxylation sites is 1. The zero-order valence-corrected chi connectivity index (χ0v) is 12.8. The van der Waals surface area contributed by atoms with E-state index in [9.17, 15) is 0 Å². The molecule has 2 heterocycles. The van der Waals surface area contributed by atoms with Crippen molar-refractivity contribution in [3.63, 3.8) is 0 Å². The lowest BCUT2D eigenvalue weighted by Crippen LogP contribution is -2.47. The molecular formula is C17H26N2O. The summed E-state index contributed by atoms with van der Waals surface area (Å²) in [6.45, 7) is 2.25.